The number of fused-ring (bicyclic) bond motifs is 1. The number of halogens is 3. The molecular weight excluding hydrogens is 345 g/mol. The minimum Gasteiger partial charge on any atom is -0.545 e. The molecule has 2 aromatic carbocycles. The number of alkyl halides is 3. The summed E-state index contributed by atoms with van der Waals surface area (Å²) in [7, 11) is 0. The number of aliphatic carboxylic acids is 1. The van der Waals surface area contributed by atoms with Crippen LogP contribution >= 0.6 is 0 Å². The van der Waals surface area contributed by atoms with Crippen molar-refractivity contribution in [3.63, 3.8) is 0 Å². The zero-order chi connectivity index (χ0) is 19.1. The Labute approximate surface area is 148 Å². The molecule has 26 heavy (non-hydrogen) atoms. The normalized spacial score (nSPS) is 16.5. The van der Waals surface area contributed by atoms with E-state index in [1.807, 2.05) is 38.1 Å². The first kappa shape index (κ1) is 18.0. The van der Waals surface area contributed by atoms with Crippen molar-refractivity contribution in [2.24, 2.45) is 0 Å². The molecule has 2 aromatic rings. The lowest BCUT2D eigenvalue weighted by Crippen LogP contribution is -2.44. The van der Waals surface area contributed by atoms with E-state index in [1.165, 1.54) is 0 Å². The molecule has 1 aliphatic heterocycles. The van der Waals surface area contributed by atoms with Crippen LogP contribution in [0, 0.1) is 13.8 Å². The number of carbonyl (C=O) groups excluding carboxylic acids is 1. The minimum absolute atomic E-state index is 0.0199. The summed E-state index contributed by atoms with van der Waals surface area (Å²) >= 11 is 0. The Morgan fingerprint density at radius 2 is 1.81 bits per heavy atom. The quantitative estimate of drug-likeness (QED) is 0.842. The van der Waals surface area contributed by atoms with Gasteiger partial charge in [0.1, 0.15) is 5.75 Å². The maximum Gasteiger partial charge on any atom is 0.429 e. The predicted octanol–water partition coefficient (Wildman–Crippen LogP) is 3.35. The van der Waals surface area contributed by atoms with E-state index in [1.54, 1.807) is 12.1 Å². The molecule has 1 unspecified atom stereocenters. The Kier molecular flexibility index (Phi) is 4.52. The summed E-state index contributed by atoms with van der Waals surface area (Å²) in [6.45, 7) is 3.80. The molecule has 0 amide bonds. The van der Waals surface area contributed by atoms with Crippen molar-refractivity contribution in [2.75, 3.05) is 0 Å². The Balaban J connectivity index is 2.03. The van der Waals surface area contributed by atoms with Gasteiger partial charge in [-0.15, -0.1) is 0 Å². The van der Waals surface area contributed by atoms with Crippen LogP contribution in [0.3, 0.4) is 0 Å². The van der Waals surface area contributed by atoms with Gasteiger partial charge in [-0.25, -0.2) is 0 Å². The highest BCUT2D eigenvalue weighted by Crippen LogP contribution is 2.38. The summed E-state index contributed by atoms with van der Waals surface area (Å²) in [6, 6.07) is 10.9. The highest BCUT2D eigenvalue weighted by molar-refractivity contribution is 5.93. The second kappa shape index (κ2) is 6.52. The molecule has 0 aliphatic carbocycles. The summed E-state index contributed by atoms with van der Waals surface area (Å²) in [6.07, 6.45) is -5.85. The smallest absolute Gasteiger partial charge is 0.429 e. The first-order valence-corrected chi connectivity index (χ1v) is 8.01. The van der Waals surface area contributed by atoms with E-state index in [4.69, 9.17) is 4.74 Å². The van der Waals surface area contributed by atoms with Crippen molar-refractivity contribution in [3.05, 3.63) is 69.8 Å². The van der Waals surface area contributed by atoms with Crippen LogP contribution in [0.5, 0.6) is 5.75 Å². The minimum atomic E-state index is -4.84. The van der Waals surface area contributed by atoms with E-state index in [9.17, 15) is 23.1 Å². The van der Waals surface area contributed by atoms with E-state index >= 15 is 0 Å². The number of ether oxygens (including phenoxy) is 1. The van der Waals surface area contributed by atoms with Gasteiger partial charge in [0.25, 0.3) is 0 Å². The molecule has 0 N–H and O–H groups in total. The number of benzene rings is 2. The highest BCUT2D eigenvalue weighted by Gasteiger charge is 2.46. The molecule has 3 nitrogen and oxygen atoms in total. The van der Waals surface area contributed by atoms with Crippen LogP contribution in [0.15, 0.2) is 42.0 Å². The molecule has 0 bridgehead atoms. The van der Waals surface area contributed by atoms with Gasteiger partial charge in [0.05, 0.1) is 5.97 Å². The fourth-order valence-corrected chi connectivity index (χ4v) is 3.01. The van der Waals surface area contributed by atoms with Gasteiger partial charge in [0, 0.05) is 11.1 Å². The largest absolute Gasteiger partial charge is 0.545 e. The summed E-state index contributed by atoms with van der Waals surface area (Å²) in [5, 5.41) is 11.1. The molecule has 1 aliphatic rings. The van der Waals surface area contributed by atoms with Crippen LogP contribution in [-0.2, 0) is 11.2 Å². The van der Waals surface area contributed by atoms with Gasteiger partial charge in [-0.05, 0) is 60.7 Å². The van der Waals surface area contributed by atoms with Crippen molar-refractivity contribution >= 4 is 12.0 Å². The molecule has 136 valence electrons. The van der Waals surface area contributed by atoms with Crippen LogP contribution in [0.2, 0.25) is 0 Å². The van der Waals surface area contributed by atoms with Gasteiger partial charge in [0.2, 0.25) is 6.10 Å². The van der Waals surface area contributed by atoms with Gasteiger partial charge in [-0.1, -0.05) is 24.3 Å². The zero-order valence-corrected chi connectivity index (χ0v) is 14.2. The number of aryl methyl sites for hydroxylation is 2. The third kappa shape index (κ3) is 3.45. The van der Waals surface area contributed by atoms with Crippen molar-refractivity contribution < 1.29 is 27.8 Å². The standard InChI is InChI=1S/C20H17F3O3/c1-11-5-3-4-6-13(11)8-14-10-17-15(7-12(14)2)9-16(19(24)25)18(26-17)20(21,22)23/h3-7,9-10,18H,8H2,1-2H3,(H,24,25)/p-1. The summed E-state index contributed by atoms with van der Waals surface area (Å²) in [5.41, 5.74) is 3.19. The zero-order valence-electron chi connectivity index (χ0n) is 14.2. The van der Waals surface area contributed by atoms with Gasteiger partial charge in [0.15, 0.2) is 0 Å². The summed E-state index contributed by atoms with van der Waals surface area (Å²) < 4.78 is 44.5. The molecule has 0 saturated carbocycles. The number of carbonyl (C=O) groups is 1. The highest BCUT2D eigenvalue weighted by atomic mass is 19.4. The maximum absolute atomic E-state index is 13.2. The second-order valence-electron chi connectivity index (χ2n) is 6.35. The summed E-state index contributed by atoms with van der Waals surface area (Å²) in [5.74, 6) is -1.87. The van der Waals surface area contributed by atoms with Crippen LogP contribution in [-0.4, -0.2) is 18.2 Å². The maximum atomic E-state index is 13.2. The predicted molar refractivity (Wildman–Crippen MR) is 88.6 cm³/mol. The van der Waals surface area contributed by atoms with Gasteiger partial charge in [-0.3, -0.25) is 0 Å². The summed E-state index contributed by atoms with van der Waals surface area (Å²) in [4.78, 5) is 11.1. The third-order valence-corrected chi connectivity index (χ3v) is 4.48. The van der Waals surface area contributed by atoms with E-state index in [0.717, 1.165) is 28.3 Å². The molecule has 0 aromatic heterocycles. The average Bonchev–Trinajstić information content (AvgIpc) is 2.55. The van der Waals surface area contributed by atoms with Crippen LogP contribution < -0.4 is 9.84 Å². The first-order chi connectivity index (χ1) is 12.2. The molecule has 1 atom stereocenters. The van der Waals surface area contributed by atoms with Crippen LogP contribution in [0.1, 0.15) is 27.8 Å². The molecule has 1 heterocycles. The Morgan fingerprint density at radius 3 is 2.42 bits per heavy atom. The first-order valence-electron chi connectivity index (χ1n) is 8.01. The number of carboxylic acid groups (broad SMARTS) is 1. The fourth-order valence-electron chi connectivity index (χ4n) is 3.01. The number of hydrogen-bond donors (Lipinski definition) is 0. The average molecular weight is 361 g/mol. The monoisotopic (exact) mass is 361 g/mol. The van der Waals surface area contributed by atoms with Gasteiger partial charge >= 0.3 is 6.18 Å². The van der Waals surface area contributed by atoms with E-state index in [2.05, 4.69) is 0 Å². The number of hydrogen-bond acceptors (Lipinski definition) is 3. The number of carboxylic acids is 1. The Bertz CT molecular complexity index is 898. The van der Waals surface area contributed by atoms with Crippen molar-refractivity contribution in [3.8, 4) is 5.75 Å². The molecule has 3 rings (SSSR count). The van der Waals surface area contributed by atoms with Crippen molar-refractivity contribution in [1.82, 2.24) is 0 Å². The van der Waals surface area contributed by atoms with E-state index < -0.39 is 23.8 Å². The topological polar surface area (TPSA) is 49.4 Å². The third-order valence-electron chi connectivity index (χ3n) is 4.48. The van der Waals surface area contributed by atoms with Gasteiger partial charge < -0.3 is 14.6 Å². The second-order valence-corrected chi connectivity index (χ2v) is 6.35. The van der Waals surface area contributed by atoms with E-state index in [0.29, 0.717) is 12.0 Å². The van der Waals surface area contributed by atoms with Crippen LogP contribution in [0.4, 0.5) is 13.2 Å². The lowest BCUT2D eigenvalue weighted by atomic mass is 9.93. The van der Waals surface area contributed by atoms with Crippen LogP contribution in [0.25, 0.3) is 6.08 Å². The molecule has 0 radical (unpaired) electrons. The molecule has 0 spiro atoms. The lowest BCUT2D eigenvalue weighted by molar-refractivity contribution is -0.302. The molecule has 0 fully saturated rings. The number of rotatable bonds is 3. The van der Waals surface area contributed by atoms with Crippen molar-refractivity contribution in [1.29, 1.82) is 0 Å². The lowest BCUT2D eigenvalue weighted by Gasteiger charge is -2.30. The van der Waals surface area contributed by atoms with Gasteiger partial charge in [-0.2, -0.15) is 13.2 Å². The van der Waals surface area contributed by atoms with E-state index in [-0.39, 0.29) is 5.75 Å². The molecule has 6 heteroatoms. The SMILES string of the molecule is Cc1ccccc1Cc1cc2c(cc1C)C=C(C(=O)[O-])C(C(F)(F)F)O2. The molecular formula is C20H16F3O3-. The Morgan fingerprint density at radius 1 is 1.12 bits per heavy atom. The molecule has 0 saturated heterocycles. The van der Waals surface area contributed by atoms with Crippen molar-refractivity contribution in [2.45, 2.75) is 32.5 Å². The Hall–Kier alpha value is -2.76. The fraction of sp³-hybridized carbons (Fsp3) is 0.250.